The zero-order valence-electron chi connectivity index (χ0n) is 17.9. The van der Waals surface area contributed by atoms with Crippen molar-refractivity contribution in [3.63, 3.8) is 0 Å². The van der Waals surface area contributed by atoms with Gasteiger partial charge in [-0.25, -0.2) is 0 Å². The molecule has 3 rings (SSSR count). The fraction of sp³-hybridized carbons (Fsp3) is 0.269. The van der Waals surface area contributed by atoms with Crippen LogP contribution in [0.3, 0.4) is 0 Å². The molecule has 0 atom stereocenters. The molecule has 162 valence electrons. The Morgan fingerprint density at radius 3 is 2.06 bits per heavy atom. The number of ether oxygens (including phenoxy) is 3. The third-order valence-electron chi connectivity index (χ3n) is 4.61. The highest BCUT2D eigenvalue weighted by molar-refractivity contribution is 6.06. The van der Waals surface area contributed by atoms with Crippen LogP contribution in [0.1, 0.15) is 36.5 Å². The van der Waals surface area contributed by atoms with Gasteiger partial charge in [-0.05, 0) is 55.0 Å². The predicted molar refractivity (Wildman–Crippen MR) is 123 cm³/mol. The van der Waals surface area contributed by atoms with Gasteiger partial charge in [0.2, 0.25) is 0 Å². The number of anilines is 1. The average Bonchev–Trinajstić information content (AvgIpc) is 2.81. The molecule has 0 aliphatic carbocycles. The highest BCUT2D eigenvalue weighted by Gasteiger charge is 2.12. The largest absolute Gasteiger partial charge is 0.493 e. The smallest absolute Gasteiger partial charge is 0.259 e. The molecule has 0 heterocycles. The second kappa shape index (κ2) is 12.3. The molecule has 0 aromatic heterocycles. The van der Waals surface area contributed by atoms with Crippen molar-refractivity contribution in [3.05, 3.63) is 84.4 Å². The number of benzene rings is 3. The summed E-state index contributed by atoms with van der Waals surface area (Å²) in [6.07, 6.45) is 3.22. The van der Waals surface area contributed by atoms with Crippen molar-refractivity contribution in [1.82, 2.24) is 0 Å². The Hall–Kier alpha value is -3.47. The SMILES string of the molecule is CCCCCOc1ccccc1C(=O)Nc1ccc(OCCOc2ccccc2)cc1. The van der Waals surface area contributed by atoms with Gasteiger partial charge in [-0.2, -0.15) is 0 Å². The first kappa shape index (κ1) is 22.2. The fourth-order valence-corrected chi connectivity index (χ4v) is 2.98. The molecule has 31 heavy (non-hydrogen) atoms. The van der Waals surface area contributed by atoms with Crippen LogP contribution in [0, 0.1) is 0 Å². The molecular weight excluding hydrogens is 390 g/mol. The summed E-state index contributed by atoms with van der Waals surface area (Å²) in [5.41, 5.74) is 1.22. The van der Waals surface area contributed by atoms with E-state index in [0.29, 0.717) is 42.6 Å². The van der Waals surface area contributed by atoms with Crippen LogP contribution in [-0.2, 0) is 0 Å². The van der Waals surface area contributed by atoms with Crippen molar-refractivity contribution in [3.8, 4) is 17.2 Å². The number of carbonyl (C=O) groups excluding carboxylic acids is 1. The summed E-state index contributed by atoms with van der Waals surface area (Å²) >= 11 is 0. The molecule has 0 radical (unpaired) electrons. The number of hydrogen-bond acceptors (Lipinski definition) is 4. The van der Waals surface area contributed by atoms with E-state index in [-0.39, 0.29) is 5.91 Å². The highest BCUT2D eigenvalue weighted by atomic mass is 16.5. The second-order valence-corrected chi connectivity index (χ2v) is 7.04. The van der Waals surface area contributed by atoms with Crippen LogP contribution in [0.4, 0.5) is 5.69 Å². The first-order valence-corrected chi connectivity index (χ1v) is 10.7. The first-order valence-electron chi connectivity index (χ1n) is 10.7. The molecule has 0 aliphatic heterocycles. The lowest BCUT2D eigenvalue weighted by Crippen LogP contribution is -2.14. The van der Waals surface area contributed by atoms with Crippen molar-refractivity contribution in [2.75, 3.05) is 25.1 Å². The lowest BCUT2D eigenvalue weighted by atomic mass is 10.1. The van der Waals surface area contributed by atoms with E-state index in [9.17, 15) is 4.79 Å². The number of hydrogen-bond donors (Lipinski definition) is 1. The topological polar surface area (TPSA) is 56.8 Å². The molecule has 0 fully saturated rings. The van der Waals surface area contributed by atoms with Crippen LogP contribution >= 0.6 is 0 Å². The molecule has 1 N–H and O–H groups in total. The summed E-state index contributed by atoms with van der Waals surface area (Å²) in [5.74, 6) is 1.94. The van der Waals surface area contributed by atoms with Gasteiger partial charge >= 0.3 is 0 Å². The number of para-hydroxylation sites is 2. The molecule has 0 aliphatic rings. The van der Waals surface area contributed by atoms with Crippen molar-refractivity contribution >= 4 is 11.6 Å². The number of carbonyl (C=O) groups is 1. The van der Waals surface area contributed by atoms with Gasteiger partial charge in [0.15, 0.2) is 0 Å². The first-order chi connectivity index (χ1) is 15.3. The monoisotopic (exact) mass is 419 g/mol. The van der Waals surface area contributed by atoms with Crippen LogP contribution in [-0.4, -0.2) is 25.7 Å². The van der Waals surface area contributed by atoms with E-state index in [4.69, 9.17) is 14.2 Å². The van der Waals surface area contributed by atoms with Gasteiger partial charge in [-0.1, -0.05) is 50.1 Å². The van der Waals surface area contributed by atoms with Gasteiger partial charge in [0.25, 0.3) is 5.91 Å². The molecular formula is C26H29NO4. The Morgan fingerprint density at radius 2 is 1.35 bits per heavy atom. The number of unbranched alkanes of at least 4 members (excludes halogenated alkanes) is 2. The van der Waals surface area contributed by atoms with E-state index >= 15 is 0 Å². The number of amides is 1. The molecule has 0 bridgehead atoms. The molecule has 3 aromatic carbocycles. The van der Waals surface area contributed by atoms with Crippen LogP contribution in [0.2, 0.25) is 0 Å². The quantitative estimate of drug-likeness (QED) is 0.368. The normalized spacial score (nSPS) is 10.4. The minimum Gasteiger partial charge on any atom is -0.493 e. The maximum atomic E-state index is 12.7. The minimum atomic E-state index is -0.198. The fourth-order valence-electron chi connectivity index (χ4n) is 2.98. The minimum absolute atomic E-state index is 0.198. The maximum Gasteiger partial charge on any atom is 0.259 e. The molecule has 3 aromatic rings. The second-order valence-electron chi connectivity index (χ2n) is 7.04. The number of rotatable bonds is 12. The van der Waals surface area contributed by atoms with E-state index in [0.717, 1.165) is 25.0 Å². The summed E-state index contributed by atoms with van der Waals surface area (Å²) in [6.45, 7) is 3.65. The molecule has 5 nitrogen and oxygen atoms in total. The molecule has 1 amide bonds. The third kappa shape index (κ3) is 7.37. The standard InChI is InChI=1S/C26H29NO4/c1-2-3-9-18-31-25-13-8-7-12-24(25)26(28)27-21-14-16-23(17-15-21)30-20-19-29-22-10-5-4-6-11-22/h4-8,10-17H,2-3,9,18-20H2,1H3,(H,27,28). The third-order valence-corrected chi connectivity index (χ3v) is 4.61. The Kier molecular flexibility index (Phi) is 8.80. The predicted octanol–water partition coefficient (Wildman–Crippen LogP) is 5.97. The van der Waals surface area contributed by atoms with Crippen molar-refractivity contribution < 1.29 is 19.0 Å². The lowest BCUT2D eigenvalue weighted by molar-refractivity contribution is 0.102. The summed E-state index contributed by atoms with van der Waals surface area (Å²) in [7, 11) is 0. The zero-order valence-corrected chi connectivity index (χ0v) is 17.9. The van der Waals surface area contributed by atoms with E-state index < -0.39 is 0 Å². The van der Waals surface area contributed by atoms with Gasteiger partial charge in [-0.15, -0.1) is 0 Å². The summed E-state index contributed by atoms with van der Waals surface area (Å²) in [5, 5.41) is 2.92. The van der Waals surface area contributed by atoms with Gasteiger partial charge in [0.05, 0.1) is 12.2 Å². The van der Waals surface area contributed by atoms with Crippen molar-refractivity contribution in [2.45, 2.75) is 26.2 Å². The highest BCUT2D eigenvalue weighted by Crippen LogP contribution is 2.21. The van der Waals surface area contributed by atoms with E-state index in [1.165, 1.54) is 0 Å². The van der Waals surface area contributed by atoms with Crippen LogP contribution in [0.5, 0.6) is 17.2 Å². The zero-order chi connectivity index (χ0) is 21.7. The molecule has 0 spiro atoms. The van der Waals surface area contributed by atoms with Gasteiger partial charge in [0.1, 0.15) is 30.5 Å². The summed E-state index contributed by atoms with van der Waals surface area (Å²) in [4.78, 5) is 12.7. The number of nitrogens with one attached hydrogen (secondary N) is 1. The van der Waals surface area contributed by atoms with Crippen LogP contribution in [0.25, 0.3) is 0 Å². The molecule has 5 heteroatoms. The van der Waals surface area contributed by atoms with E-state index in [2.05, 4.69) is 12.2 Å². The average molecular weight is 420 g/mol. The van der Waals surface area contributed by atoms with Gasteiger partial charge in [-0.3, -0.25) is 4.79 Å². The van der Waals surface area contributed by atoms with Crippen LogP contribution in [0.15, 0.2) is 78.9 Å². The van der Waals surface area contributed by atoms with Crippen LogP contribution < -0.4 is 19.5 Å². The molecule has 0 saturated carbocycles. The molecule has 0 unspecified atom stereocenters. The van der Waals surface area contributed by atoms with E-state index in [1.807, 2.05) is 72.8 Å². The van der Waals surface area contributed by atoms with Gasteiger partial charge in [0, 0.05) is 5.69 Å². The Balaban J connectivity index is 1.47. The summed E-state index contributed by atoms with van der Waals surface area (Å²) < 4.78 is 17.1. The molecule has 0 saturated heterocycles. The van der Waals surface area contributed by atoms with Crippen molar-refractivity contribution in [2.24, 2.45) is 0 Å². The Bertz CT molecular complexity index is 926. The van der Waals surface area contributed by atoms with Crippen molar-refractivity contribution in [1.29, 1.82) is 0 Å². The maximum absolute atomic E-state index is 12.7. The summed E-state index contributed by atoms with van der Waals surface area (Å²) in [6, 6.07) is 24.2. The Labute approximate surface area is 184 Å². The van der Waals surface area contributed by atoms with E-state index in [1.54, 1.807) is 6.07 Å². The van der Waals surface area contributed by atoms with Gasteiger partial charge < -0.3 is 19.5 Å². The Morgan fingerprint density at radius 1 is 0.710 bits per heavy atom. The lowest BCUT2D eigenvalue weighted by Gasteiger charge is -2.12.